The summed E-state index contributed by atoms with van der Waals surface area (Å²) < 4.78 is 5.30. The van der Waals surface area contributed by atoms with Crippen LogP contribution in [0.4, 0.5) is 5.69 Å². The van der Waals surface area contributed by atoms with Crippen molar-refractivity contribution in [1.82, 2.24) is 0 Å². The van der Waals surface area contributed by atoms with Gasteiger partial charge in [0.15, 0.2) is 0 Å². The fourth-order valence-electron chi connectivity index (χ4n) is 2.21. The van der Waals surface area contributed by atoms with Crippen LogP contribution in [0.5, 0.6) is 0 Å². The van der Waals surface area contributed by atoms with E-state index in [4.69, 9.17) is 9.68 Å². The second-order valence-electron chi connectivity index (χ2n) is 4.92. The van der Waals surface area contributed by atoms with E-state index in [9.17, 15) is 5.11 Å². The largest absolute Gasteiger partial charge is 0.469 e. The third-order valence-corrected chi connectivity index (χ3v) is 3.39. The Bertz CT molecular complexity index is 638. The zero-order chi connectivity index (χ0) is 14.7. The van der Waals surface area contributed by atoms with Crippen LogP contribution in [0.2, 0.25) is 0 Å². The number of anilines is 1. The molecular weight excluding hydrogens is 252 g/mol. The highest BCUT2D eigenvalue weighted by atomic mass is 16.3. The summed E-state index contributed by atoms with van der Waals surface area (Å²) in [7, 11) is 1.94. The van der Waals surface area contributed by atoms with Crippen LogP contribution < -0.4 is 4.90 Å². The van der Waals surface area contributed by atoms with E-state index < -0.39 is 6.10 Å². The summed E-state index contributed by atoms with van der Waals surface area (Å²) in [6.45, 7) is 4.31. The molecule has 0 spiro atoms. The van der Waals surface area contributed by atoms with Gasteiger partial charge < -0.3 is 14.4 Å². The van der Waals surface area contributed by atoms with E-state index in [0.717, 1.165) is 22.6 Å². The quantitative estimate of drug-likeness (QED) is 0.927. The molecule has 0 bridgehead atoms. The molecule has 1 unspecified atom stereocenters. The van der Waals surface area contributed by atoms with Crippen molar-refractivity contribution in [1.29, 1.82) is 5.26 Å². The van der Waals surface area contributed by atoms with E-state index >= 15 is 0 Å². The van der Waals surface area contributed by atoms with E-state index in [2.05, 4.69) is 6.07 Å². The number of aliphatic hydroxyl groups excluding tert-OH is 1. The molecule has 1 aromatic heterocycles. The first kappa shape index (κ1) is 14.2. The van der Waals surface area contributed by atoms with Crippen molar-refractivity contribution in [3.8, 4) is 6.07 Å². The Kier molecular flexibility index (Phi) is 4.11. The van der Waals surface area contributed by atoms with Gasteiger partial charge in [-0.3, -0.25) is 0 Å². The first-order chi connectivity index (χ1) is 9.52. The molecule has 2 aromatic rings. The van der Waals surface area contributed by atoms with Crippen LogP contribution in [0.25, 0.3) is 0 Å². The van der Waals surface area contributed by atoms with Gasteiger partial charge in [0.25, 0.3) is 0 Å². The zero-order valence-corrected chi connectivity index (χ0v) is 11.9. The maximum Gasteiger partial charge on any atom is 0.105 e. The average Bonchev–Trinajstić information content (AvgIpc) is 2.83. The second-order valence-corrected chi connectivity index (χ2v) is 4.92. The van der Waals surface area contributed by atoms with Gasteiger partial charge in [0.1, 0.15) is 5.76 Å². The smallest absolute Gasteiger partial charge is 0.105 e. The standard InChI is InChI=1S/C16H18N2O2/c1-11(19)15-5-4-13(9-17)8-16(15)18(3)10-14-6-7-20-12(14)2/h4-8,11,19H,10H2,1-3H3. The average molecular weight is 270 g/mol. The predicted octanol–water partition coefficient (Wildman–Crippen LogP) is 3.15. The third-order valence-electron chi connectivity index (χ3n) is 3.39. The minimum absolute atomic E-state index is 0.578. The van der Waals surface area contributed by atoms with Crippen LogP contribution in [0.1, 0.15) is 35.5 Å². The highest BCUT2D eigenvalue weighted by molar-refractivity contribution is 5.58. The molecule has 0 aliphatic rings. The summed E-state index contributed by atoms with van der Waals surface area (Å²) in [6, 6.07) is 9.39. The van der Waals surface area contributed by atoms with Gasteiger partial charge in [-0.05, 0) is 32.0 Å². The van der Waals surface area contributed by atoms with E-state index in [1.165, 1.54) is 0 Å². The van der Waals surface area contributed by atoms with E-state index in [1.54, 1.807) is 31.4 Å². The fraction of sp³-hybridized carbons (Fsp3) is 0.312. The lowest BCUT2D eigenvalue weighted by molar-refractivity contribution is 0.199. The molecule has 4 heteroatoms. The summed E-state index contributed by atoms with van der Waals surface area (Å²) in [6.07, 6.45) is 1.09. The van der Waals surface area contributed by atoms with Gasteiger partial charge >= 0.3 is 0 Å². The van der Waals surface area contributed by atoms with Crippen LogP contribution >= 0.6 is 0 Å². The number of furan rings is 1. The number of aliphatic hydroxyl groups is 1. The maximum absolute atomic E-state index is 9.87. The first-order valence-electron chi connectivity index (χ1n) is 6.49. The SMILES string of the molecule is Cc1occc1CN(C)c1cc(C#N)ccc1C(C)O. The summed E-state index contributed by atoms with van der Waals surface area (Å²) >= 11 is 0. The molecule has 0 fully saturated rings. The second kappa shape index (κ2) is 5.81. The molecule has 0 aliphatic heterocycles. The molecule has 1 heterocycles. The van der Waals surface area contributed by atoms with E-state index in [-0.39, 0.29) is 0 Å². The van der Waals surface area contributed by atoms with Gasteiger partial charge in [0, 0.05) is 30.4 Å². The highest BCUT2D eigenvalue weighted by Crippen LogP contribution is 2.28. The number of benzene rings is 1. The molecule has 0 saturated heterocycles. The molecule has 1 atom stereocenters. The number of hydrogen-bond acceptors (Lipinski definition) is 4. The lowest BCUT2D eigenvalue weighted by atomic mass is 10.0. The lowest BCUT2D eigenvalue weighted by Gasteiger charge is -2.23. The fourth-order valence-corrected chi connectivity index (χ4v) is 2.21. The van der Waals surface area contributed by atoms with E-state index in [1.807, 2.05) is 24.9 Å². The molecule has 0 amide bonds. The number of rotatable bonds is 4. The Morgan fingerprint density at radius 3 is 2.70 bits per heavy atom. The van der Waals surface area contributed by atoms with Crippen molar-refractivity contribution in [2.24, 2.45) is 0 Å². The number of aryl methyl sites for hydroxylation is 1. The van der Waals surface area contributed by atoms with Crippen LogP contribution in [0.3, 0.4) is 0 Å². The summed E-state index contributed by atoms with van der Waals surface area (Å²) in [5, 5.41) is 18.9. The van der Waals surface area contributed by atoms with Crippen LogP contribution in [-0.2, 0) is 6.54 Å². The Morgan fingerprint density at radius 2 is 2.15 bits per heavy atom. The number of hydrogen-bond donors (Lipinski definition) is 1. The summed E-state index contributed by atoms with van der Waals surface area (Å²) in [5.74, 6) is 0.881. The minimum atomic E-state index is -0.578. The van der Waals surface area contributed by atoms with Gasteiger partial charge in [-0.15, -0.1) is 0 Å². The Balaban J connectivity index is 2.35. The van der Waals surface area contributed by atoms with Crippen molar-refractivity contribution in [2.45, 2.75) is 26.5 Å². The lowest BCUT2D eigenvalue weighted by Crippen LogP contribution is -2.19. The van der Waals surface area contributed by atoms with Gasteiger partial charge in [-0.2, -0.15) is 5.26 Å². The summed E-state index contributed by atoms with van der Waals surface area (Å²) in [4.78, 5) is 2.01. The Labute approximate surface area is 118 Å². The molecule has 0 saturated carbocycles. The van der Waals surface area contributed by atoms with Crippen LogP contribution in [0, 0.1) is 18.3 Å². The maximum atomic E-state index is 9.87. The van der Waals surface area contributed by atoms with Crippen molar-refractivity contribution >= 4 is 5.69 Å². The Hall–Kier alpha value is -2.25. The van der Waals surface area contributed by atoms with Crippen molar-refractivity contribution in [3.63, 3.8) is 0 Å². The molecule has 1 N–H and O–H groups in total. The molecule has 4 nitrogen and oxygen atoms in total. The molecule has 1 aromatic carbocycles. The van der Waals surface area contributed by atoms with Gasteiger partial charge in [-0.25, -0.2) is 0 Å². The molecular formula is C16H18N2O2. The van der Waals surface area contributed by atoms with E-state index in [0.29, 0.717) is 12.1 Å². The molecule has 20 heavy (non-hydrogen) atoms. The minimum Gasteiger partial charge on any atom is -0.469 e. The number of nitrogens with zero attached hydrogens (tertiary/aromatic N) is 2. The van der Waals surface area contributed by atoms with Crippen LogP contribution in [0.15, 0.2) is 34.9 Å². The molecule has 0 radical (unpaired) electrons. The Morgan fingerprint density at radius 1 is 1.40 bits per heavy atom. The highest BCUT2D eigenvalue weighted by Gasteiger charge is 2.14. The molecule has 104 valence electrons. The molecule has 0 aliphatic carbocycles. The van der Waals surface area contributed by atoms with Crippen molar-refractivity contribution in [2.75, 3.05) is 11.9 Å². The normalized spacial score (nSPS) is 11.9. The third kappa shape index (κ3) is 2.84. The topological polar surface area (TPSA) is 60.4 Å². The zero-order valence-electron chi connectivity index (χ0n) is 11.9. The summed E-state index contributed by atoms with van der Waals surface area (Å²) in [5.41, 5.74) is 3.35. The van der Waals surface area contributed by atoms with Gasteiger partial charge in [0.2, 0.25) is 0 Å². The van der Waals surface area contributed by atoms with Crippen molar-refractivity contribution in [3.05, 3.63) is 53.0 Å². The van der Waals surface area contributed by atoms with Gasteiger partial charge in [0.05, 0.1) is 24.0 Å². The van der Waals surface area contributed by atoms with Crippen molar-refractivity contribution < 1.29 is 9.52 Å². The number of nitriles is 1. The first-order valence-corrected chi connectivity index (χ1v) is 6.49. The molecule has 2 rings (SSSR count). The predicted molar refractivity (Wildman–Crippen MR) is 77.3 cm³/mol. The van der Waals surface area contributed by atoms with Crippen LogP contribution in [-0.4, -0.2) is 12.2 Å². The van der Waals surface area contributed by atoms with Gasteiger partial charge in [-0.1, -0.05) is 6.07 Å². The monoisotopic (exact) mass is 270 g/mol.